The van der Waals surface area contributed by atoms with E-state index in [1.807, 2.05) is 0 Å². The van der Waals surface area contributed by atoms with Gasteiger partial charge < -0.3 is 15.4 Å². The third-order valence-electron chi connectivity index (χ3n) is 2.83. The number of ether oxygens (including phenoxy) is 1. The molecule has 0 amide bonds. The van der Waals surface area contributed by atoms with Gasteiger partial charge in [-0.25, -0.2) is 0 Å². The molecule has 0 radical (unpaired) electrons. The number of carbonyl (C=O) groups is 1. The van der Waals surface area contributed by atoms with Crippen LogP contribution >= 0.6 is 0 Å². The van der Waals surface area contributed by atoms with E-state index in [4.69, 9.17) is 5.73 Å². The molecular weight excluding hydrogens is 180 g/mol. The van der Waals surface area contributed by atoms with E-state index in [2.05, 4.69) is 16.6 Å². The first-order valence-corrected chi connectivity index (χ1v) is 5.24. The lowest BCUT2D eigenvalue weighted by Crippen LogP contribution is -2.40. The van der Waals surface area contributed by atoms with Gasteiger partial charge in [-0.3, -0.25) is 4.79 Å². The Labute approximate surface area is 85.4 Å². The number of nitrogens with two attached hydrogens (primary N) is 1. The van der Waals surface area contributed by atoms with Crippen LogP contribution in [0.2, 0.25) is 0 Å². The Hall–Kier alpha value is -0.610. The lowest BCUT2D eigenvalue weighted by molar-refractivity contribution is -0.143. The van der Waals surface area contributed by atoms with Crippen LogP contribution in [0.4, 0.5) is 0 Å². The van der Waals surface area contributed by atoms with Crippen molar-refractivity contribution in [3.63, 3.8) is 0 Å². The SMILES string of the molecule is CCCN1CCC(C(N)C(=O)OC)C1. The number of esters is 1. The summed E-state index contributed by atoms with van der Waals surface area (Å²) in [5, 5.41) is 0. The molecule has 2 N–H and O–H groups in total. The fourth-order valence-corrected chi connectivity index (χ4v) is 2.00. The second kappa shape index (κ2) is 5.32. The Balaban J connectivity index is 2.37. The summed E-state index contributed by atoms with van der Waals surface area (Å²) < 4.78 is 4.64. The predicted molar refractivity (Wildman–Crippen MR) is 54.8 cm³/mol. The van der Waals surface area contributed by atoms with Crippen LogP contribution in [0.25, 0.3) is 0 Å². The fourth-order valence-electron chi connectivity index (χ4n) is 2.00. The second-order valence-electron chi connectivity index (χ2n) is 3.90. The van der Waals surface area contributed by atoms with Crippen LogP contribution < -0.4 is 5.73 Å². The molecule has 4 nitrogen and oxygen atoms in total. The van der Waals surface area contributed by atoms with Gasteiger partial charge in [-0.2, -0.15) is 0 Å². The summed E-state index contributed by atoms with van der Waals surface area (Å²) in [4.78, 5) is 13.6. The van der Waals surface area contributed by atoms with Gasteiger partial charge in [-0.15, -0.1) is 0 Å². The number of methoxy groups -OCH3 is 1. The highest BCUT2D eigenvalue weighted by atomic mass is 16.5. The van der Waals surface area contributed by atoms with Gasteiger partial charge in [-0.05, 0) is 31.8 Å². The molecule has 2 atom stereocenters. The molecule has 82 valence electrons. The molecule has 2 unspecified atom stereocenters. The van der Waals surface area contributed by atoms with E-state index in [0.717, 1.165) is 32.5 Å². The second-order valence-corrected chi connectivity index (χ2v) is 3.90. The van der Waals surface area contributed by atoms with Crippen LogP contribution in [-0.2, 0) is 9.53 Å². The molecule has 1 saturated heterocycles. The minimum absolute atomic E-state index is 0.272. The molecule has 14 heavy (non-hydrogen) atoms. The zero-order valence-electron chi connectivity index (χ0n) is 9.03. The standard InChI is InChI=1S/C10H20N2O2/c1-3-5-12-6-4-8(7-12)9(11)10(13)14-2/h8-9H,3-7,11H2,1-2H3. The highest BCUT2D eigenvalue weighted by Gasteiger charge is 2.31. The smallest absolute Gasteiger partial charge is 0.322 e. The molecular formula is C10H20N2O2. The first kappa shape index (κ1) is 11.5. The summed E-state index contributed by atoms with van der Waals surface area (Å²) >= 11 is 0. The molecule has 0 aromatic rings. The van der Waals surface area contributed by atoms with Gasteiger partial charge in [0.2, 0.25) is 0 Å². The van der Waals surface area contributed by atoms with Crippen molar-refractivity contribution in [3.05, 3.63) is 0 Å². The van der Waals surface area contributed by atoms with Crippen LogP contribution in [0.15, 0.2) is 0 Å². The van der Waals surface area contributed by atoms with Gasteiger partial charge in [0.15, 0.2) is 0 Å². The average Bonchev–Trinajstić information content (AvgIpc) is 2.64. The molecule has 1 aliphatic heterocycles. The van der Waals surface area contributed by atoms with Crippen molar-refractivity contribution in [2.75, 3.05) is 26.7 Å². The maximum atomic E-state index is 11.2. The average molecular weight is 200 g/mol. The minimum Gasteiger partial charge on any atom is -0.468 e. The number of likely N-dealkylation sites (tertiary alicyclic amines) is 1. The van der Waals surface area contributed by atoms with E-state index in [1.165, 1.54) is 7.11 Å². The Kier molecular flexibility index (Phi) is 4.35. The molecule has 0 saturated carbocycles. The molecule has 0 bridgehead atoms. The first-order chi connectivity index (χ1) is 6.69. The molecule has 0 aromatic carbocycles. The van der Waals surface area contributed by atoms with Crippen molar-refractivity contribution in [2.24, 2.45) is 11.7 Å². The quantitative estimate of drug-likeness (QED) is 0.659. The highest BCUT2D eigenvalue weighted by Crippen LogP contribution is 2.19. The third kappa shape index (κ3) is 2.69. The topological polar surface area (TPSA) is 55.6 Å². The predicted octanol–water partition coefficient (Wildman–Crippen LogP) is 0.219. The Bertz CT molecular complexity index is 197. The number of hydrogen-bond donors (Lipinski definition) is 1. The number of rotatable bonds is 4. The summed E-state index contributed by atoms with van der Waals surface area (Å²) in [6.45, 7) is 5.26. The van der Waals surface area contributed by atoms with E-state index in [0.29, 0.717) is 0 Å². The van der Waals surface area contributed by atoms with Gasteiger partial charge in [0.1, 0.15) is 6.04 Å². The third-order valence-corrected chi connectivity index (χ3v) is 2.83. The highest BCUT2D eigenvalue weighted by molar-refractivity contribution is 5.75. The minimum atomic E-state index is -0.443. The summed E-state index contributed by atoms with van der Waals surface area (Å²) in [6, 6.07) is -0.443. The van der Waals surface area contributed by atoms with E-state index in [9.17, 15) is 4.79 Å². The zero-order valence-corrected chi connectivity index (χ0v) is 9.03. The fraction of sp³-hybridized carbons (Fsp3) is 0.900. The van der Waals surface area contributed by atoms with Gasteiger partial charge in [0.05, 0.1) is 7.11 Å². The summed E-state index contributed by atoms with van der Waals surface area (Å²) in [5.74, 6) is -0.0117. The Morgan fingerprint density at radius 3 is 3.00 bits per heavy atom. The normalized spacial score (nSPS) is 24.9. The van der Waals surface area contributed by atoms with E-state index in [1.54, 1.807) is 0 Å². The van der Waals surface area contributed by atoms with Crippen molar-refractivity contribution >= 4 is 5.97 Å². The summed E-state index contributed by atoms with van der Waals surface area (Å²) in [7, 11) is 1.39. The number of nitrogens with zero attached hydrogens (tertiary/aromatic N) is 1. The van der Waals surface area contributed by atoms with E-state index in [-0.39, 0.29) is 11.9 Å². The number of carbonyl (C=O) groups excluding carboxylic acids is 1. The van der Waals surface area contributed by atoms with E-state index >= 15 is 0 Å². The Morgan fingerprint density at radius 2 is 2.43 bits per heavy atom. The number of hydrogen-bond acceptors (Lipinski definition) is 4. The first-order valence-electron chi connectivity index (χ1n) is 5.24. The van der Waals surface area contributed by atoms with Gasteiger partial charge >= 0.3 is 5.97 Å². The van der Waals surface area contributed by atoms with Crippen molar-refractivity contribution < 1.29 is 9.53 Å². The van der Waals surface area contributed by atoms with E-state index < -0.39 is 6.04 Å². The van der Waals surface area contributed by atoms with Crippen LogP contribution in [0.1, 0.15) is 19.8 Å². The molecule has 1 aliphatic rings. The monoisotopic (exact) mass is 200 g/mol. The molecule has 1 heterocycles. The Morgan fingerprint density at radius 1 is 1.71 bits per heavy atom. The van der Waals surface area contributed by atoms with Gasteiger partial charge in [0.25, 0.3) is 0 Å². The molecule has 0 spiro atoms. The van der Waals surface area contributed by atoms with Crippen LogP contribution in [0, 0.1) is 5.92 Å². The maximum absolute atomic E-state index is 11.2. The van der Waals surface area contributed by atoms with Gasteiger partial charge in [-0.1, -0.05) is 6.92 Å². The molecule has 1 rings (SSSR count). The van der Waals surface area contributed by atoms with Crippen molar-refractivity contribution in [3.8, 4) is 0 Å². The van der Waals surface area contributed by atoms with Gasteiger partial charge in [0, 0.05) is 6.54 Å². The lowest BCUT2D eigenvalue weighted by Gasteiger charge is -2.18. The van der Waals surface area contributed by atoms with Crippen molar-refractivity contribution in [1.82, 2.24) is 4.90 Å². The lowest BCUT2D eigenvalue weighted by atomic mass is 10.0. The molecule has 4 heteroatoms. The van der Waals surface area contributed by atoms with Crippen molar-refractivity contribution in [2.45, 2.75) is 25.8 Å². The summed E-state index contributed by atoms with van der Waals surface area (Å²) in [6.07, 6.45) is 2.16. The zero-order chi connectivity index (χ0) is 10.6. The van der Waals surface area contributed by atoms with Crippen LogP contribution in [0.5, 0.6) is 0 Å². The van der Waals surface area contributed by atoms with Crippen LogP contribution in [-0.4, -0.2) is 43.7 Å². The molecule has 1 fully saturated rings. The molecule has 0 aromatic heterocycles. The molecule has 0 aliphatic carbocycles. The van der Waals surface area contributed by atoms with Crippen molar-refractivity contribution in [1.29, 1.82) is 0 Å². The summed E-state index contributed by atoms with van der Waals surface area (Å²) in [5.41, 5.74) is 5.79. The maximum Gasteiger partial charge on any atom is 0.322 e. The largest absolute Gasteiger partial charge is 0.468 e. The van der Waals surface area contributed by atoms with Crippen LogP contribution in [0.3, 0.4) is 0 Å².